The van der Waals surface area contributed by atoms with Crippen LogP contribution in [0.1, 0.15) is 23.3 Å². The Labute approximate surface area is 218 Å². The summed E-state index contributed by atoms with van der Waals surface area (Å²) < 4.78 is 49.4. The number of amides is 2. The topological polar surface area (TPSA) is 73.1 Å². The smallest absolute Gasteiger partial charge is 0.321 e. The summed E-state index contributed by atoms with van der Waals surface area (Å²) in [6.45, 7) is 0.507. The van der Waals surface area contributed by atoms with Crippen LogP contribution in [0.15, 0.2) is 71.6 Å². The molecule has 3 aromatic rings. The van der Waals surface area contributed by atoms with E-state index in [1.165, 1.54) is 16.2 Å². The molecule has 38 heavy (non-hydrogen) atoms. The van der Waals surface area contributed by atoms with Crippen LogP contribution >= 0.6 is 0 Å². The number of likely N-dealkylation sites (tertiary alicyclic amines) is 1. The number of hydrogen-bond acceptors (Lipinski definition) is 5. The SMILES string of the molecule is CN(C(=O)N1CC(c2cc(F)ccc2F)=C[C@@]1(CO)c1ccccc1)C1CCN(Cc2cnco2)CC1F. The lowest BCUT2D eigenvalue weighted by Gasteiger charge is -2.43. The molecular formula is C28H29F3N4O3. The maximum atomic E-state index is 15.4. The van der Waals surface area contributed by atoms with Gasteiger partial charge in [0, 0.05) is 32.2 Å². The molecule has 0 saturated carbocycles. The third-order valence-corrected chi connectivity index (χ3v) is 7.50. The van der Waals surface area contributed by atoms with Crippen LogP contribution in [0, 0.1) is 11.6 Å². The van der Waals surface area contributed by atoms with E-state index in [9.17, 15) is 18.7 Å². The molecule has 0 spiro atoms. The Morgan fingerprint density at radius 2 is 2.03 bits per heavy atom. The normalized spacial score (nSPS) is 23.9. The quantitative estimate of drug-likeness (QED) is 0.521. The van der Waals surface area contributed by atoms with Crippen LogP contribution in [-0.4, -0.2) is 76.3 Å². The van der Waals surface area contributed by atoms with Gasteiger partial charge in [0.25, 0.3) is 0 Å². The number of rotatable bonds is 6. The zero-order valence-corrected chi connectivity index (χ0v) is 20.9. The summed E-state index contributed by atoms with van der Waals surface area (Å²) in [5.74, 6) is -0.616. The van der Waals surface area contributed by atoms with Crippen LogP contribution in [-0.2, 0) is 12.1 Å². The summed E-state index contributed by atoms with van der Waals surface area (Å²) in [6.07, 6.45) is 3.60. The molecule has 2 aliphatic rings. The largest absolute Gasteiger partial charge is 0.447 e. The number of carbonyl (C=O) groups excluding carboxylic acids is 1. The summed E-state index contributed by atoms with van der Waals surface area (Å²) in [5.41, 5.74) is -0.352. The van der Waals surface area contributed by atoms with Crippen molar-refractivity contribution in [2.24, 2.45) is 0 Å². The highest BCUT2D eigenvalue weighted by atomic mass is 19.1. The number of hydrogen-bond donors (Lipinski definition) is 1. The summed E-state index contributed by atoms with van der Waals surface area (Å²) in [6, 6.07) is 10.8. The van der Waals surface area contributed by atoms with E-state index in [4.69, 9.17) is 4.42 Å². The van der Waals surface area contributed by atoms with E-state index < -0.39 is 42.0 Å². The molecule has 1 saturated heterocycles. The Hall–Kier alpha value is -3.63. The first-order valence-corrected chi connectivity index (χ1v) is 12.4. The third-order valence-electron chi connectivity index (χ3n) is 7.50. The second kappa shape index (κ2) is 10.6. The molecule has 10 heteroatoms. The van der Waals surface area contributed by atoms with Gasteiger partial charge in [-0.05, 0) is 41.8 Å². The van der Waals surface area contributed by atoms with E-state index in [2.05, 4.69) is 4.98 Å². The molecule has 200 valence electrons. The minimum atomic E-state index is -1.33. The van der Waals surface area contributed by atoms with E-state index in [0.29, 0.717) is 36.4 Å². The van der Waals surface area contributed by atoms with Crippen molar-refractivity contribution in [3.05, 3.63) is 95.7 Å². The Morgan fingerprint density at radius 3 is 2.71 bits per heavy atom. The van der Waals surface area contributed by atoms with Crippen LogP contribution in [0.2, 0.25) is 0 Å². The lowest BCUT2D eigenvalue weighted by atomic mass is 9.89. The average molecular weight is 527 g/mol. The van der Waals surface area contributed by atoms with Gasteiger partial charge in [0.1, 0.15) is 29.1 Å². The van der Waals surface area contributed by atoms with E-state index in [1.54, 1.807) is 49.7 Å². The maximum Gasteiger partial charge on any atom is 0.321 e. The zero-order valence-electron chi connectivity index (χ0n) is 20.9. The number of aliphatic hydroxyl groups excluding tert-OH is 1. The molecule has 3 atom stereocenters. The Bertz CT molecular complexity index is 1300. The lowest BCUT2D eigenvalue weighted by molar-refractivity contribution is 0.0318. The molecule has 1 fully saturated rings. The number of nitrogens with zero attached hydrogens (tertiary/aromatic N) is 4. The molecule has 3 heterocycles. The van der Waals surface area contributed by atoms with Gasteiger partial charge in [-0.15, -0.1) is 0 Å². The van der Waals surface area contributed by atoms with Crippen molar-refractivity contribution in [1.29, 1.82) is 0 Å². The van der Waals surface area contributed by atoms with Gasteiger partial charge in [-0.1, -0.05) is 30.3 Å². The number of carbonyl (C=O) groups is 1. The van der Waals surface area contributed by atoms with Crippen molar-refractivity contribution >= 4 is 11.6 Å². The van der Waals surface area contributed by atoms with Crippen LogP contribution in [0.25, 0.3) is 5.57 Å². The highest BCUT2D eigenvalue weighted by molar-refractivity contribution is 5.83. The fraction of sp³-hybridized carbons (Fsp3) is 0.357. The molecule has 0 aliphatic carbocycles. The van der Waals surface area contributed by atoms with Crippen molar-refractivity contribution in [1.82, 2.24) is 19.7 Å². The lowest BCUT2D eigenvalue weighted by Crippen LogP contribution is -2.58. The van der Waals surface area contributed by atoms with Gasteiger partial charge < -0.3 is 19.3 Å². The number of piperidine rings is 1. The molecule has 2 unspecified atom stereocenters. The first-order chi connectivity index (χ1) is 18.3. The first kappa shape index (κ1) is 26.0. The van der Waals surface area contributed by atoms with Gasteiger partial charge in [-0.3, -0.25) is 4.90 Å². The second-order valence-electron chi connectivity index (χ2n) is 9.80. The molecule has 5 rings (SSSR count). The number of aromatic nitrogens is 1. The Balaban J connectivity index is 1.42. The van der Waals surface area contributed by atoms with Crippen molar-refractivity contribution in [2.45, 2.75) is 30.7 Å². The van der Waals surface area contributed by atoms with Crippen molar-refractivity contribution in [3.63, 3.8) is 0 Å². The highest BCUT2D eigenvalue weighted by Crippen LogP contribution is 2.41. The minimum absolute atomic E-state index is 0.0146. The van der Waals surface area contributed by atoms with E-state index >= 15 is 4.39 Å². The Kier molecular flexibility index (Phi) is 7.27. The minimum Gasteiger partial charge on any atom is -0.447 e. The molecule has 2 aliphatic heterocycles. The standard InChI is InChI=1S/C28H29F3N4O3/c1-33(26-9-10-34(16-25(26)31)15-22-13-32-18-38-22)27(37)35-14-19(23-11-21(29)7-8-24(23)30)12-28(35,17-36)20-5-3-2-4-6-20/h2-8,11-13,18,25-26,36H,9-10,14-17H2,1H3/t25?,26?,28-/m1/s1. The zero-order chi connectivity index (χ0) is 26.9. The maximum absolute atomic E-state index is 15.4. The summed E-state index contributed by atoms with van der Waals surface area (Å²) in [5, 5.41) is 10.7. The Morgan fingerprint density at radius 1 is 1.24 bits per heavy atom. The van der Waals surface area contributed by atoms with Crippen LogP contribution in [0.5, 0.6) is 0 Å². The fourth-order valence-corrected chi connectivity index (χ4v) is 5.46. The van der Waals surface area contributed by atoms with Crippen molar-refractivity contribution in [2.75, 3.05) is 33.3 Å². The van der Waals surface area contributed by atoms with Gasteiger partial charge in [0.05, 0.1) is 25.4 Å². The van der Waals surface area contributed by atoms with Gasteiger partial charge in [0.15, 0.2) is 6.39 Å². The summed E-state index contributed by atoms with van der Waals surface area (Å²) in [7, 11) is 1.54. The predicted molar refractivity (Wildman–Crippen MR) is 134 cm³/mol. The van der Waals surface area contributed by atoms with E-state index in [0.717, 1.165) is 18.2 Å². The van der Waals surface area contributed by atoms with Crippen LogP contribution in [0.4, 0.5) is 18.0 Å². The molecular weight excluding hydrogens is 497 g/mol. The highest BCUT2D eigenvalue weighted by Gasteiger charge is 2.47. The number of oxazole rings is 1. The first-order valence-electron chi connectivity index (χ1n) is 12.4. The van der Waals surface area contributed by atoms with E-state index in [1.807, 2.05) is 4.90 Å². The van der Waals surface area contributed by atoms with E-state index in [-0.39, 0.29) is 18.7 Å². The average Bonchev–Trinajstić information content (AvgIpc) is 3.58. The molecule has 1 N–H and O–H groups in total. The van der Waals surface area contributed by atoms with Gasteiger partial charge in [0.2, 0.25) is 0 Å². The monoisotopic (exact) mass is 526 g/mol. The van der Waals surface area contributed by atoms with Gasteiger partial charge in [-0.25, -0.2) is 22.9 Å². The number of benzene rings is 2. The molecule has 7 nitrogen and oxygen atoms in total. The van der Waals surface area contributed by atoms with Crippen LogP contribution in [0.3, 0.4) is 0 Å². The molecule has 0 bridgehead atoms. The number of aliphatic hydroxyl groups is 1. The van der Waals surface area contributed by atoms with Gasteiger partial charge in [-0.2, -0.15) is 0 Å². The van der Waals surface area contributed by atoms with Gasteiger partial charge >= 0.3 is 6.03 Å². The van der Waals surface area contributed by atoms with Crippen molar-refractivity contribution in [3.8, 4) is 0 Å². The molecule has 0 radical (unpaired) electrons. The fourth-order valence-electron chi connectivity index (χ4n) is 5.46. The van der Waals surface area contributed by atoms with Crippen LogP contribution < -0.4 is 0 Å². The third kappa shape index (κ3) is 4.81. The summed E-state index contributed by atoms with van der Waals surface area (Å²) in [4.78, 5) is 22.5. The predicted octanol–water partition coefficient (Wildman–Crippen LogP) is 4.20. The van der Waals surface area contributed by atoms with Crippen molar-refractivity contribution < 1.29 is 27.5 Å². The molecule has 2 aromatic carbocycles. The molecule has 2 amide bonds. The number of halogens is 3. The number of alkyl halides is 1. The second-order valence-corrected chi connectivity index (χ2v) is 9.80. The molecule has 1 aromatic heterocycles. The number of urea groups is 1. The summed E-state index contributed by atoms with van der Waals surface area (Å²) >= 11 is 0.